The predicted octanol–water partition coefficient (Wildman–Crippen LogP) is 3.84. The summed E-state index contributed by atoms with van der Waals surface area (Å²) in [6, 6.07) is 13.0. The van der Waals surface area contributed by atoms with Crippen LogP contribution in [0.15, 0.2) is 53.4 Å². The van der Waals surface area contributed by atoms with Crippen LogP contribution in [0.2, 0.25) is 0 Å². The van der Waals surface area contributed by atoms with Crippen molar-refractivity contribution in [1.82, 2.24) is 10.0 Å². The van der Waals surface area contributed by atoms with Crippen molar-refractivity contribution in [2.45, 2.75) is 50.0 Å². The summed E-state index contributed by atoms with van der Waals surface area (Å²) in [6.07, 6.45) is 4.97. The second-order valence-electron chi connectivity index (χ2n) is 8.00. The number of amides is 1. The summed E-state index contributed by atoms with van der Waals surface area (Å²) >= 11 is 5.22. The van der Waals surface area contributed by atoms with E-state index in [2.05, 4.69) is 22.3 Å². The van der Waals surface area contributed by atoms with E-state index >= 15 is 0 Å². The number of carbonyl (C=O) groups is 1. The maximum Gasteiger partial charge on any atom is 0.257 e. The van der Waals surface area contributed by atoms with Crippen molar-refractivity contribution in [1.29, 1.82) is 0 Å². The molecule has 2 aromatic rings. The van der Waals surface area contributed by atoms with Crippen molar-refractivity contribution in [3.63, 3.8) is 0 Å². The molecule has 0 aliphatic carbocycles. The summed E-state index contributed by atoms with van der Waals surface area (Å²) < 4.78 is 38.6. The minimum Gasteiger partial charge on any atom is -0.494 e. The third kappa shape index (κ3) is 8.05. The quantitative estimate of drug-likeness (QED) is 0.315. The van der Waals surface area contributed by atoms with E-state index in [0.29, 0.717) is 30.2 Å². The van der Waals surface area contributed by atoms with E-state index in [9.17, 15) is 13.2 Å². The Labute approximate surface area is 206 Å². The van der Waals surface area contributed by atoms with Gasteiger partial charge in [-0.2, -0.15) is 0 Å². The molecule has 0 aromatic heterocycles. The summed E-state index contributed by atoms with van der Waals surface area (Å²) in [4.78, 5) is 12.6. The fourth-order valence-corrected chi connectivity index (χ4v) is 4.67. The second-order valence-corrected chi connectivity index (χ2v) is 10.2. The van der Waals surface area contributed by atoms with Gasteiger partial charge in [-0.3, -0.25) is 10.1 Å². The molecule has 3 rings (SSSR count). The lowest BCUT2D eigenvalue weighted by molar-refractivity contribution is 0.0977. The molecule has 0 spiro atoms. The summed E-state index contributed by atoms with van der Waals surface area (Å²) in [5.74, 6) is 0.362. The molecule has 1 unspecified atom stereocenters. The van der Waals surface area contributed by atoms with Crippen LogP contribution in [0, 0.1) is 0 Å². The number of thiocarbonyl (C=S) groups is 1. The standard InChI is InChI=1S/C24H31N3O5S2/c1-2-3-4-15-31-20-11-7-18(8-12-20)23(28)27-24(33)26-19-9-13-22(14-10-19)34(29,30)25-17-21-6-5-16-32-21/h7-14,21,25H,2-6,15-17H2,1H3,(H2,26,27,28,33). The molecule has 3 N–H and O–H groups in total. The van der Waals surface area contributed by atoms with Crippen LogP contribution in [0.1, 0.15) is 49.4 Å². The fraction of sp³-hybridized carbons (Fsp3) is 0.417. The molecule has 0 bridgehead atoms. The zero-order valence-electron chi connectivity index (χ0n) is 19.2. The number of ether oxygens (including phenoxy) is 2. The molecule has 2 aromatic carbocycles. The average molecular weight is 506 g/mol. The number of nitrogens with one attached hydrogen (secondary N) is 3. The van der Waals surface area contributed by atoms with Crippen molar-refractivity contribution in [2.75, 3.05) is 25.1 Å². The number of anilines is 1. The van der Waals surface area contributed by atoms with Gasteiger partial charge in [0, 0.05) is 24.4 Å². The zero-order valence-corrected chi connectivity index (χ0v) is 20.8. The molecule has 1 aliphatic heterocycles. The zero-order chi connectivity index (χ0) is 24.4. The molecular formula is C24H31N3O5S2. The van der Waals surface area contributed by atoms with Gasteiger partial charge < -0.3 is 14.8 Å². The summed E-state index contributed by atoms with van der Waals surface area (Å²) in [5, 5.41) is 5.61. The van der Waals surface area contributed by atoms with Gasteiger partial charge in [-0.25, -0.2) is 13.1 Å². The first kappa shape index (κ1) is 26.1. The van der Waals surface area contributed by atoms with E-state index in [4.69, 9.17) is 21.7 Å². The third-order valence-corrected chi connectivity index (χ3v) is 6.95. The summed E-state index contributed by atoms with van der Waals surface area (Å²) in [7, 11) is -3.63. The predicted molar refractivity (Wildman–Crippen MR) is 136 cm³/mol. The minimum atomic E-state index is -3.63. The van der Waals surface area contributed by atoms with Crippen molar-refractivity contribution in [3.05, 3.63) is 54.1 Å². The van der Waals surface area contributed by atoms with E-state index in [1.807, 2.05) is 0 Å². The lowest BCUT2D eigenvalue weighted by atomic mass is 10.2. The van der Waals surface area contributed by atoms with Crippen LogP contribution < -0.4 is 20.1 Å². The number of sulfonamides is 1. The Balaban J connectivity index is 1.47. The molecule has 8 nitrogen and oxygen atoms in total. The monoisotopic (exact) mass is 505 g/mol. The molecule has 1 amide bonds. The van der Waals surface area contributed by atoms with Gasteiger partial charge in [0.25, 0.3) is 5.91 Å². The van der Waals surface area contributed by atoms with Crippen molar-refractivity contribution in [2.24, 2.45) is 0 Å². The Morgan fingerprint density at radius 1 is 1.12 bits per heavy atom. The molecular weight excluding hydrogens is 474 g/mol. The highest BCUT2D eigenvalue weighted by Gasteiger charge is 2.20. The summed E-state index contributed by atoms with van der Waals surface area (Å²) in [6.45, 7) is 3.71. The number of unbranched alkanes of at least 4 members (excludes halogenated alkanes) is 2. The Hall–Kier alpha value is -2.53. The highest BCUT2D eigenvalue weighted by Crippen LogP contribution is 2.16. The van der Waals surface area contributed by atoms with Crippen LogP contribution in [0.4, 0.5) is 5.69 Å². The van der Waals surface area contributed by atoms with Gasteiger partial charge in [0.15, 0.2) is 5.11 Å². The van der Waals surface area contributed by atoms with Gasteiger partial charge >= 0.3 is 0 Å². The smallest absolute Gasteiger partial charge is 0.257 e. The third-order valence-electron chi connectivity index (χ3n) is 5.31. The number of hydrogen-bond donors (Lipinski definition) is 3. The lowest BCUT2D eigenvalue weighted by Gasteiger charge is -2.13. The van der Waals surface area contributed by atoms with Crippen LogP contribution in [0.3, 0.4) is 0 Å². The van der Waals surface area contributed by atoms with Crippen molar-refractivity contribution >= 4 is 38.9 Å². The second kappa shape index (κ2) is 12.8. The number of carbonyl (C=O) groups excluding carboxylic acids is 1. The van der Waals surface area contributed by atoms with Crippen LogP contribution in [-0.4, -0.2) is 45.3 Å². The molecule has 10 heteroatoms. The van der Waals surface area contributed by atoms with Crippen LogP contribution >= 0.6 is 12.2 Å². The molecule has 184 valence electrons. The van der Waals surface area contributed by atoms with Gasteiger partial charge in [0.1, 0.15) is 5.75 Å². The average Bonchev–Trinajstić information content (AvgIpc) is 3.35. The first-order valence-corrected chi connectivity index (χ1v) is 13.3. The van der Waals surface area contributed by atoms with Crippen LogP contribution in [0.5, 0.6) is 5.75 Å². The molecule has 1 fully saturated rings. The van der Waals surface area contributed by atoms with E-state index in [-0.39, 0.29) is 28.6 Å². The van der Waals surface area contributed by atoms with E-state index in [1.165, 1.54) is 12.1 Å². The Morgan fingerprint density at radius 2 is 1.85 bits per heavy atom. The molecule has 0 radical (unpaired) electrons. The minimum absolute atomic E-state index is 0.0776. The highest BCUT2D eigenvalue weighted by molar-refractivity contribution is 7.89. The van der Waals surface area contributed by atoms with E-state index < -0.39 is 10.0 Å². The van der Waals surface area contributed by atoms with Gasteiger partial charge in [0.2, 0.25) is 10.0 Å². The highest BCUT2D eigenvalue weighted by atomic mass is 32.2. The fourth-order valence-electron chi connectivity index (χ4n) is 3.39. The van der Waals surface area contributed by atoms with E-state index in [0.717, 1.165) is 32.1 Å². The number of benzene rings is 2. The lowest BCUT2D eigenvalue weighted by Crippen LogP contribution is -2.34. The Bertz CT molecular complexity index is 1050. The maximum atomic E-state index is 12.5. The van der Waals surface area contributed by atoms with E-state index in [1.54, 1.807) is 36.4 Å². The van der Waals surface area contributed by atoms with Crippen molar-refractivity contribution in [3.8, 4) is 5.75 Å². The SMILES string of the molecule is CCCCCOc1ccc(C(=O)NC(=S)Nc2ccc(S(=O)(=O)NCC3CCCO3)cc2)cc1. The van der Waals surface area contributed by atoms with Crippen LogP contribution in [-0.2, 0) is 14.8 Å². The largest absolute Gasteiger partial charge is 0.494 e. The van der Waals surface area contributed by atoms with Gasteiger partial charge in [-0.15, -0.1) is 0 Å². The molecule has 1 heterocycles. The van der Waals surface area contributed by atoms with Gasteiger partial charge in [-0.1, -0.05) is 19.8 Å². The Kier molecular flexibility index (Phi) is 9.82. The first-order chi connectivity index (χ1) is 16.4. The van der Waals surface area contributed by atoms with Gasteiger partial charge in [-0.05, 0) is 80.0 Å². The molecule has 1 aliphatic rings. The maximum absolute atomic E-state index is 12.5. The molecule has 1 atom stereocenters. The molecule has 1 saturated heterocycles. The van der Waals surface area contributed by atoms with Crippen molar-refractivity contribution < 1.29 is 22.7 Å². The summed E-state index contributed by atoms with van der Waals surface area (Å²) in [5.41, 5.74) is 1.00. The first-order valence-electron chi connectivity index (χ1n) is 11.4. The molecule has 0 saturated carbocycles. The number of hydrogen-bond acceptors (Lipinski definition) is 6. The van der Waals surface area contributed by atoms with Gasteiger partial charge in [0.05, 0.1) is 17.6 Å². The molecule has 34 heavy (non-hydrogen) atoms. The topological polar surface area (TPSA) is 106 Å². The van der Waals surface area contributed by atoms with Crippen LogP contribution in [0.25, 0.3) is 0 Å². The number of rotatable bonds is 11. The normalized spacial score (nSPS) is 15.6. The Morgan fingerprint density at radius 3 is 2.50 bits per heavy atom.